The van der Waals surface area contributed by atoms with Crippen LogP contribution >= 0.6 is 0 Å². The molecule has 0 aliphatic carbocycles. The van der Waals surface area contributed by atoms with E-state index in [1.54, 1.807) is 0 Å². The summed E-state index contributed by atoms with van der Waals surface area (Å²) in [5, 5.41) is 12.4. The van der Waals surface area contributed by atoms with Gasteiger partial charge in [-0.25, -0.2) is 0 Å². The van der Waals surface area contributed by atoms with Crippen molar-refractivity contribution >= 4 is 5.97 Å². The average Bonchev–Trinajstić information content (AvgIpc) is 2.75. The maximum Gasteiger partial charge on any atom is 0.311 e. The first-order valence-electron chi connectivity index (χ1n) is 4.77. The van der Waals surface area contributed by atoms with Gasteiger partial charge in [0.05, 0.1) is 12.0 Å². The van der Waals surface area contributed by atoms with Crippen LogP contribution in [0.2, 0.25) is 0 Å². The molecule has 0 spiro atoms. The number of carboxylic acids is 1. The number of ether oxygens (including phenoxy) is 1. The first-order chi connectivity index (χ1) is 6.26. The van der Waals surface area contributed by atoms with Crippen LogP contribution in [0.1, 0.15) is 12.8 Å². The molecule has 0 aromatic carbocycles. The quantitative estimate of drug-likeness (QED) is 0.640. The lowest BCUT2D eigenvalue weighted by Gasteiger charge is -2.28. The van der Waals surface area contributed by atoms with Gasteiger partial charge in [-0.2, -0.15) is 0 Å². The van der Waals surface area contributed by atoms with Crippen molar-refractivity contribution in [2.75, 3.05) is 26.3 Å². The molecular weight excluding hydrogens is 170 g/mol. The van der Waals surface area contributed by atoms with Crippen LogP contribution in [0.4, 0.5) is 0 Å². The van der Waals surface area contributed by atoms with Crippen molar-refractivity contribution < 1.29 is 14.6 Å². The van der Waals surface area contributed by atoms with Crippen molar-refractivity contribution in [3.8, 4) is 0 Å². The van der Waals surface area contributed by atoms with E-state index in [0.717, 1.165) is 26.0 Å². The highest BCUT2D eigenvalue weighted by molar-refractivity contribution is 5.76. The lowest BCUT2D eigenvalue weighted by Crippen LogP contribution is -2.41. The summed E-state index contributed by atoms with van der Waals surface area (Å²) in [4.78, 5) is 11.2. The molecule has 4 nitrogen and oxygen atoms in total. The van der Waals surface area contributed by atoms with Crippen molar-refractivity contribution in [3.05, 3.63) is 0 Å². The SMILES string of the molecule is O=C(O)C1(C2CCOC2)CCNC1. The lowest BCUT2D eigenvalue weighted by molar-refractivity contribution is -0.151. The minimum atomic E-state index is -0.659. The fourth-order valence-electron chi connectivity index (χ4n) is 2.39. The Labute approximate surface area is 77.3 Å². The molecule has 4 heteroatoms. The number of carboxylic acid groups (broad SMARTS) is 1. The van der Waals surface area contributed by atoms with Crippen molar-refractivity contribution in [2.45, 2.75) is 12.8 Å². The Kier molecular flexibility index (Phi) is 2.26. The molecule has 2 fully saturated rings. The van der Waals surface area contributed by atoms with Gasteiger partial charge >= 0.3 is 5.97 Å². The molecular formula is C9H15NO3. The van der Waals surface area contributed by atoms with Gasteiger partial charge in [0.1, 0.15) is 0 Å². The molecule has 2 aliphatic rings. The zero-order chi connectivity index (χ0) is 9.31. The van der Waals surface area contributed by atoms with Crippen molar-refractivity contribution in [1.29, 1.82) is 0 Å². The van der Waals surface area contributed by atoms with Crippen LogP contribution < -0.4 is 5.32 Å². The van der Waals surface area contributed by atoms with E-state index in [9.17, 15) is 9.90 Å². The van der Waals surface area contributed by atoms with E-state index in [2.05, 4.69) is 5.32 Å². The molecule has 2 unspecified atom stereocenters. The lowest BCUT2D eigenvalue weighted by atomic mass is 9.74. The standard InChI is InChI=1S/C9H15NO3/c11-8(12)9(2-3-10-6-9)7-1-4-13-5-7/h7,10H,1-6H2,(H,11,12). The molecule has 0 radical (unpaired) electrons. The zero-order valence-electron chi connectivity index (χ0n) is 7.58. The van der Waals surface area contributed by atoms with Gasteiger partial charge in [0, 0.05) is 19.1 Å². The molecule has 0 amide bonds. The fraction of sp³-hybridized carbons (Fsp3) is 0.889. The second-order valence-electron chi connectivity index (χ2n) is 3.95. The molecule has 74 valence electrons. The van der Waals surface area contributed by atoms with Crippen LogP contribution in [0, 0.1) is 11.3 Å². The summed E-state index contributed by atoms with van der Waals surface area (Å²) < 4.78 is 5.25. The Bertz CT molecular complexity index is 205. The Hall–Kier alpha value is -0.610. The normalized spacial score (nSPS) is 39.5. The molecule has 0 saturated carbocycles. The maximum atomic E-state index is 11.2. The topological polar surface area (TPSA) is 58.6 Å². The van der Waals surface area contributed by atoms with Gasteiger partial charge in [0.25, 0.3) is 0 Å². The number of hydrogen-bond acceptors (Lipinski definition) is 3. The Balaban J connectivity index is 2.16. The largest absolute Gasteiger partial charge is 0.481 e. The van der Waals surface area contributed by atoms with Gasteiger partial charge in [0.15, 0.2) is 0 Å². The third-order valence-electron chi connectivity index (χ3n) is 3.33. The van der Waals surface area contributed by atoms with Gasteiger partial charge in [-0.15, -0.1) is 0 Å². The average molecular weight is 185 g/mol. The Morgan fingerprint density at radius 3 is 2.92 bits per heavy atom. The van der Waals surface area contributed by atoms with Crippen LogP contribution in [0.5, 0.6) is 0 Å². The molecule has 2 aliphatic heterocycles. The molecule has 0 bridgehead atoms. The van der Waals surface area contributed by atoms with Crippen molar-refractivity contribution in [3.63, 3.8) is 0 Å². The van der Waals surface area contributed by atoms with Crippen LogP contribution in [-0.2, 0) is 9.53 Å². The Morgan fingerprint density at radius 1 is 1.62 bits per heavy atom. The second-order valence-corrected chi connectivity index (χ2v) is 3.95. The van der Waals surface area contributed by atoms with Crippen LogP contribution in [0.3, 0.4) is 0 Å². The summed E-state index contributed by atoms with van der Waals surface area (Å²) in [5.74, 6) is -0.451. The summed E-state index contributed by atoms with van der Waals surface area (Å²) in [5.41, 5.74) is -0.545. The minimum absolute atomic E-state index is 0.208. The highest BCUT2D eigenvalue weighted by atomic mass is 16.5. The van der Waals surface area contributed by atoms with E-state index < -0.39 is 11.4 Å². The third-order valence-corrected chi connectivity index (χ3v) is 3.33. The summed E-state index contributed by atoms with van der Waals surface area (Å²) in [6.45, 7) is 2.77. The first-order valence-corrected chi connectivity index (χ1v) is 4.77. The van der Waals surface area contributed by atoms with E-state index in [4.69, 9.17) is 4.74 Å². The van der Waals surface area contributed by atoms with Crippen molar-refractivity contribution in [2.24, 2.45) is 11.3 Å². The number of aliphatic carboxylic acids is 1. The summed E-state index contributed by atoms with van der Waals surface area (Å²) in [7, 11) is 0. The molecule has 2 heterocycles. The molecule has 13 heavy (non-hydrogen) atoms. The van der Waals surface area contributed by atoms with Gasteiger partial charge in [-0.05, 0) is 19.4 Å². The highest BCUT2D eigenvalue weighted by Gasteiger charge is 2.49. The number of nitrogens with one attached hydrogen (secondary N) is 1. The minimum Gasteiger partial charge on any atom is -0.481 e. The number of carbonyl (C=O) groups is 1. The van der Waals surface area contributed by atoms with Gasteiger partial charge < -0.3 is 15.2 Å². The predicted molar refractivity (Wildman–Crippen MR) is 46.5 cm³/mol. The summed E-state index contributed by atoms with van der Waals surface area (Å²) in [6.07, 6.45) is 1.64. The number of hydrogen-bond donors (Lipinski definition) is 2. The summed E-state index contributed by atoms with van der Waals surface area (Å²) in [6, 6.07) is 0. The van der Waals surface area contributed by atoms with Gasteiger partial charge in [-0.3, -0.25) is 4.79 Å². The number of rotatable bonds is 2. The molecule has 0 aromatic heterocycles. The third kappa shape index (κ3) is 1.34. The van der Waals surface area contributed by atoms with E-state index in [1.165, 1.54) is 0 Å². The van der Waals surface area contributed by atoms with Crippen molar-refractivity contribution in [1.82, 2.24) is 5.32 Å². The smallest absolute Gasteiger partial charge is 0.311 e. The summed E-state index contributed by atoms with van der Waals surface area (Å²) >= 11 is 0. The molecule has 2 saturated heterocycles. The first kappa shape index (κ1) is 8.97. The second kappa shape index (κ2) is 3.27. The maximum absolute atomic E-state index is 11.2. The van der Waals surface area contributed by atoms with E-state index in [1.807, 2.05) is 0 Å². The van der Waals surface area contributed by atoms with Gasteiger partial charge in [0.2, 0.25) is 0 Å². The van der Waals surface area contributed by atoms with E-state index in [0.29, 0.717) is 13.2 Å². The zero-order valence-corrected chi connectivity index (χ0v) is 7.58. The Morgan fingerprint density at radius 2 is 2.46 bits per heavy atom. The molecule has 2 rings (SSSR count). The van der Waals surface area contributed by atoms with Crippen LogP contribution in [-0.4, -0.2) is 37.4 Å². The van der Waals surface area contributed by atoms with Crippen LogP contribution in [0.25, 0.3) is 0 Å². The van der Waals surface area contributed by atoms with E-state index >= 15 is 0 Å². The molecule has 2 N–H and O–H groups in total. The highest BCUT2D eigenvalue weighted by Crippen LogP contribution is 2.39. The monoisotopic (exact) mass is 185 g/mol. The van der Waals surface area contributed by atoms with E-state index in [-0.39, 0.29) is 5.92 Å². The molecule has 0 aromatic rings. The predicted octanol–water partition coefficient (Wildman–Crippen LogP) is 0.0872. The molecule has 2 atom stereocenters. The van der Waals surface area contributed by atoms with Gasteiger partial charge in [-0.1, -0.05) is 0 Å². The fourth-order valence-corrected chi connectivity index (χ4v) is 2.39. The van der Waals surface area contributed by atoms with Crippen LogP contribution in [0.15, 0.2) is 0 Å².